The fourth-order valence-corrected chi connectivity index (χ4v) is 1.68. The molecule has 15 heavy (non-hydrogen) atoms. The number of primary amides is 1. The molecule has 1 aliphatic rings. The SMILES string of the molecule is CC(CC(C)(NC1CC1)C(N)=O)N(C)C. The van der Waals surface area contributed by atoms with E-state index >= 15 is 0 Å². The molecule has 1 rings (SSSR count). The first kappa shape index (κ1) is 12.5. The van der Waals surface area contributed by atoms with Crippen LogP contribution in [-0.2, 0) is 4.79 Å². The highest BCUT2D eigenvalue weighted by molar-refractivity contribution is 5.84. The predicted octanol–water partition coefficient (Wildman–Crippen LogP) is 0.323. The van der Waals surface area contributed by atoms with Crippen molar-refractivity contribution in [1.29, 1.82) is 0 Å². The number of hydrogen-bond acceptors (Lipinski definition) is 3. The standard InChI is InChI=1S/C11H23N3O/c1-8(14(3)4)7-11(2,10(12)15)13-9-5-6-9/h8-9,13H,5-7H2,1-4H3,(H2,12,15). The average Bonchev–Trinajstić information content (AvgIpc) is 2.87. The van der Waals surface area contributed by atoms with Crippen molar-refractivity contribution in [3.05, 3.63) is 0 Å². The van der Waals surface area contributed by atoms with Crippen molar-refractivity contribution in [2.45, 2.75) is 50.7 Å². The molecule has 0 radical (unpaired) electrons. The van der Waals surface area contributed by atoms with Crippen LogP contribution in [0.1, 0.15) is 33.1 Å². The normalized spacial score (nSPS) is 22.5. The molecule has 4 heteroatoms. The molecule has 1 aliphatic carbocycles. The Hall–Kier alpha value is -0.610. The van der Waals surface area contributed by atoms with E-state index in [0.29, 0.717) is 12.1 Å². The molecule has 2 unspecified atom stereocenters. The molecule has 88 valence electrons. The zero-order valence-electron chi connectivity index (χ0n) is 10.2. The van der Waals surface area contributed by atoms with Gasteiger partial charge < -0.3 is 16.0 Å². The molecule has 0 aromatic carbocycles. The lowest BCUT2D eigenvalue weighted by Gasteiger charge is -2.33. The Morgan fingerprint density at radius 2 is 2.13 bits per heavy atom. The van der Waals surface area contributed by atoms with Crippen molar-refractivity contribution in [1.82, 2.24) is 10.2 Å². The fourth-order valence-electron chi connectivity index (χ4n) is 1.68. The number of hydrogen-bond donors (Lipinski definition) is 2. The molecular formula is C11H23N3O. The van der Waals surface area contributed by atoms with Gasteiger partial charge in [-0.15, -0.1) is 0 Å². The minimum Gasteiger partial charge on any atom is -0.368 e. The number of nitrogens with two attached hydrogens (primary N) is 1. The minimum atomic E-state index is -0.565. The van der Waals surface area contributed by atoms with E-state index in [9.17, 15) is 4.79 Å². The second kappa shape index (κ2) is 4.49. The summed E-state index contributed by atoms with van der Waals surface area (Å²) in [6.45, 7) is 4.02. The minimum absolute atomic E-state index is 0.247. The first-order chi connectivity index (χ1) is 6.85. The van der Waals surface area contributed by atoms with E-state index in [-0.39, 0.29) is 5.91 Å². The van der Waals surface area contributed by atoms with E-state index < -0.39 is 5.54 Å². The number of amides is 1. The number of nitrogens with zero attached hydrogens (tertiary/aromatic N) is 1. The highest BCUT2D eigenvalue weighted by Gasteiger charge is 2.38. The number of carbonyl (C=O) groups excluding carboxylic acids is 1. The second-order valence-electron chi connectivity index (χ2n) is 5.13. The van der Waals surface area contributed by atoms with Gasteiger partial charge in [-0.1, -0.05) is 0 Å². The van der Waals surface area contributed by atoms with Gasteiger partial charge in [-0.05, 0) is 47.2 Å². The van der Waals surface area contributed by atoms with Crippen LogP contribution in [0.3, 0.4) is 0 Å². The maximum Gasteiger partial charge on any atom is 0.237 e. The van der Waals surface area contributed by atoms with Crippen molar-refractivity contribution in [3.8, 4) is 0 Å². The lowest BCUT2D eigenvalue weighted by atomic mass is 9.92. The quantitative estimate of drug-likeness (QED) is 0.668. The smallest absolute Gasteiger partial charge is 0.237 e. The van der Waals surface area contributed by atoms with Crippen LogP contribution in [0.5, 0.6) is 0 Å². The van der Waals surface area contributed by atoms with E-state index in [1.165, 1.54) is 12.8 Å². The van der Waals surface area contributed by atoms with E-state index in [1.807, 2.05) is 21.0 Å². The number of rotatable bonds is 6. The highest BCUT2D eigenvalue weighted by Crippen LogP contribution is 2.25. The summed E-state index contributed by atoms with van der Waals surface area (Å²) >= 11 is 0. The van der Waals surface area contributed by atoms with Crippen LogP contribution < -0.4 is 11.1 Å². The average molecular weight is 213 g/mol. The Balaban J connectivity index is 2.58. The summed E-state index contributed by atoms with van der Waals surface area (Å²) in [5, 5.41) is 3.35. The van der Waals surface area contributed by atoms with Gasteiger partial charge in [0.15, 0.2) is 0 Å². The van der Waals surface area contributed by atoms with Crippen LogP contribution in [0, 0.1) is 0 Å². The van der Waals surface area contributed by atoms with Crippen LogP contribution in [-0.4, -0.2) is 42.5 Å². The first-order valence-corrected chi connectivity index (χ1v) is 5.59. The topological polar surface area (TPSA) is 58.4 Å². The van der Waals surface area contributed by atoms with Gasteiger partial charge in [-0.2, -0.15) is 0 Å². The summed E-state index contributed by atoms with van der Waals surface area (Å²) in [4.78, 5) is 13.6. The van der Waals surface area contributed by atoms with Gasteiger partial charge in [-0.25, -0.2) is 0 Å². The van der Waals surface area contributed by atoms with E-state index in [0.717, 1.165) is 6.42 Å². The molecular weight excluding hydrogens is 190 g/mol. The van der Waals surface area contributed by atoms with E-state index in [4.69, 9.17) is 5.73 Å². The molecule has 0 aliphatic heterocycles. The van der Waals surface area contributed by atoms with Crippen molar-refractivity contribution >= 4 is 5.91 Å². The highest BCUT2D eigenvalue weighted by atomic mass is 16.1. The maximum atomic E-state index is 11.5. The molecule has 0 saturated heterocycles. The molecule has 2 atom stereocenters. The molecule has 0 heterocycles. The lowest BCUT2D eigenvalue weighted by Crippen LogP contribution is -2.56. The molecule has 0 bridgehead atoms. The van der Waals surface area contributed by atoms with Crippen molar-refractivity contribution in [2.24, 2.45) is 5.73 Å². The fraction of sp³-hybridized carbons (Fsp3) is 0.909. The van der Waals surface area contributed by atoms with Crippen LogP contribution in [0.15, 0.2) is 0 Å². The summed E-state index contributed by atoms with van der Waals surface area (Å²) < 4.78 is 0. The van der Waals surface area contributed by atoms with Crippen LogP contribution in [0.2, 0.25) is 0 Å². The Morgan fingerprint density at radius 1 is 1.60 bits per heavy atom. The third-order valence-corrected chi connectivity index (χ3v) is 3.23. The van der Waals surface area contributed by atoms with E-state index in [2.05, 4.69) is 17.1 Å². The van der Waals surface area contributed by atoms with Gasteiger partial charge in [0.25, 0.3) is 0 Å². The molecule has 0 aromatic heterocycles. The van der Waals surface area contributed by atoms with Crippen LogP contribution >= 0.6 is 0 Å². The Kier molecular flexibility index (Phi) is 3.73. The first-order valence-electron chi connectivity index (χ1n) is 5.59. The summed E-state index contributed by atoms with van der Waals surface area (Å²) in [6, 6.07) is 0.839. The monoisotopic (exact) mass is 213 g/mol. The van der Waals surface area contributed by atoms with Crippen LogP contribution in [0.4, 0.5) is 0 Å². The summed E-state index contributed by atoms with van der Waals surface area (Å²) in [7, 11) is 4.03. The largest absolute Gasteiger partial charge is 0.368 e. The lowest BCUT2D eigenvalue weighted by molar-refractivity contribution is -0.124. The third-order valence-electron chi connectivity index (χ3n) is 3.23. The van der Waals surface area contributed by atoms with E-state index in [1.54, 1.807) is 0 Å². The molecule has 1 amide bonds. The van der Waals surface area contributed by atoms with Gasteiger partial charge in [0.05, 0.1) is 5.54 Å². The Bertz CT molecular complexity index is 238. The van der Waals surface area contributed by atoms with Crippen molar-refractivity contribution < 1.29 is 4.79 Å². The zero-order valence-corrected chi connectivity index (χ0v) is 10.2. The third kappa shape index (κ3) is 3.47. The van der Waals surface area contributed by atoms with Gasteiger partial charge in [-0.3, -0.25) is 4.79 Å². The molecule has 1 saturated carbocycles. The second-order valence-corrected chi connectivity index (χ2v) is 5.13. The predicted molar refractivity (Wildman–Crippen MR) is 61.5 cm³/mol. The van der Waals surface area contributed by atoms with Gasteiger partial charge in [0, 0.05) is 12.1 Å². The van der Waals surface area contributed by atoms with Crippen molar-refractivity contribution in [3.63, 3.8) is 0 Å². The Morgan fingerprint density at radius 3 is 2.47 bits per heavy atom. The zero-order chi connectivity index (χ0) is 11.6. The van der Waals surface area contributed by atoms with Gasteiger partial charge in [0.1, 0.15) is 0 Å². The van der Waals surface area contributed by atoms with Crippen LogP contribution in [0.25, 0.3) is 0 Å². The molecule has 4 nitrogen and oxygen atoms in total. The molecule has 0 spiro atoms. The summed E-state index contributed by atoms with van der Waals surface area (Å²) in [5.41, 5.74) is 4.91. The molecule has 3 N–H and O–H groups in total. The van der Waals surface area contributed by atoms with Gasteiger partial charge in [0.2, 0.25) is 5.91 Å². The summed E-state index contributed by atoms with van der Waals surface area (Å²) in [6.07, 6.45) is 3.09. The van der Waals surface area contributed by atoms with Crippen molar-refractivity contribution in [2.75, 3.05) is 14.1 Å². The number of nitrogens with one attached hydrogen (secondary N) is 1. The Labute approximate surface area is 92.2 Å². The molecule has 0 aromatic rings. The molecule has 1 fully saturated rings. The summed E-state index contributed by atoms with van der Waals surface area (Å²) in [5.74, 6) is -0.247. The maximum absolute atomic E-state index is 11.5. The number of carbonyl (C=O) groups is 1. The van der Waals surface area contributed by atoms with Gasteiger partial charge >= 0.3 is 0 Å².